The van der Waals surface area contributed by atoms with Gasteiger partial charge in [-0.25, -0.2) is 12.8 Å². The molecule has 2 rings (SSSR count). The molecular formula is C13H15FN2O2S. The van der Waals surface area contributed by atoms with E-state index in [0.717, 1.165) is 12.8 Å². The molecule has 0 bridgehead atoms. The van der Waals surface area contributed by atoms with E-state index in [1.54, 1.807) is 6.07 Å². The SMILES string of the molecule is NCC#Cc1ccc(NS(=O)(=O)CC2CC2)c(F)c1. The zero-order valence-corrected chi connectivity index (χ0v) is 11.1. The molecule has 1 aromatic carbocycles. The molecule has 102 valence electrons. The third-order valence-electron chi connectivity index (χ3n) is 2.72. The summed E-state index contributed by atoms with van der Waals surface area (Å²) in [6.45, 7) is 0.192. The van der Waals surface area contributed by atoms with E-state index in [4.69, 9.17) is 5.73 Å². The van der Waals surface area contributed by atoms with Crippen molar-refractivity contribution in [3.05, 3.63) is 29.6 Å². The maximum Gasteiger partial charge on any atom is 0.233 e. The number of anilines is 1. The Hall–Kier alpha value is -1.58. The van der Waals surface area contributed by atoms with E-state index >= 15 is 0 Å². The first-order valence-corrected chi connectivity index (χ1v) is 7.64. The number of benzene rings is 1. The monoisotopic (exact) mass is 282 g/mol. The van der Waals surface area contributed by atoms with Gasteiger partial charge < -0.3 is 5.73 Å². The average molecular weight is 282 g/mol. The highest BCUT2D eigenvalue weighted by molar-refractivity contribution is 7.92. The summed E-state index contributed by atoms with van der Waals surface area (Å²) >= 11 is 0. The van der Waals surface area contributed by atoms with Gasteiger partial charge in [0.15, 0.2) is 0 Å². The number of nitrogens with one attached hydrogen (secondary N) is 1. The van der Waals surface area contributed by atoms with Crippen molar-refractivity contribution < 1.29 is 12.8 Å². The van der Waals surface area contributed by atoms with Gasteiger partial charge in [0.2, 0.25) is 10.0 Å². The fourth-order valence-electron chi connectivity index (χ4n) is 1.63. The zero-order valence-electron chi connectivity index (χ0n) is 10.3. The van der Waals surface area contributed by atoms with Crippen LogP contribution >= 0.6 is 0 Å². The number of halogens is 1. The van der Waals surface area contributed by atoms with Crippen molar-refractivity contribution in [3.63, 3.8) is 0 Å². The molecule has 6 heteroatoms. The quantitative estimate of drug-likeness (QED) is 0.817. The molecule has 0 atom stereocenters. The second-order valence-corrected chi connectivity index (χ2v) is 6.29. The van der Waals surface area contributed by atoms with E-state index in [0.29, 0.717) is 5.56 Å². The maximum atomic E-state index is 13.7. The van der Waals surface area contributed by atoms with E-state index in [-0.39, 0.29) is 23.9 Å². The van der Waals surface area contributed by atoms with Gasteiger partial charge in [-0.2, -0.15) is 0 Å². The van der Waals surface area contributed by atoms with Gasteiger partial charge >= 0.3 is 0 Å². The number of sulfonamides is 1. The fourth-order valence-corrected chi connectivity index (χ4v) is 3.17. The molecule has 0 aliphatic heterocycles. The third-order valence-corrected chi connectivity index (χ3v) is 4.16. The second kappa shape index (κ2) is 5.59. The molecule has 3 N–H and O–H groups in total. The highest BCUT2D eigenvalue weighted by atomic mass is 32.2. The Labute approximate surface area is 112 Å². The van der Waals surface area contributed by atoms with E-state index in [1.165, 1.54) is 12.1 Å². The lowest BCUT2D eigenvalue weighted by Crippen LogP contribution is -2.18. The summed E-state index contributed by atoms with van der Waals surface area (Å²) in [7, 11) is -3.47. The molecular weight excluding hydrogens is 267 g/mol. The molecule has 4 nitrogen and oxygen atoms in total. The molecule has 0 amide bonds. The van der Waals surface area contributed by atoms with Crippen LogP contribution < -0.4 is 10.5 Å². The average Bonchev–Trinajstić information content (AvgIpc) is 3.12. The minimum Gasteiger partial charge on any atom is -0.320 e. The number of hydrogen-bond acceptors (Lipinski definition) is 3. The molecule has 1 aromatic rings. The van der Waals surface area contributed by atoms with Gasteiger partial charge in [-0.15, -0.1) is 0 Å². The van der Waals surface area contributed by atoms with E-state index < -0.39 is 15.8 Å². The van der Waals surface area contributed by atoms with Gasteiger partial charge in [-0.3, -0.25) is 4.72 Å². The largest absolute Gasteiger partial charge is 0.320 e. The first-order chi connectivity index (χ1) is 9.00. The van der Waals surface area contributed by atoms with Crippen molar-refractivity contribution in [3.8, 4) is 11.8 Å². The van der Waals surface area contributed by atoms with Crippen LogP contribution in [-0.2, 0) is 10.0 Å². The molecule has 1 fully saturated rings. The Morgan fingerprint density at radius 3 is 2.74 bits per heavy atom. The molecule has 1 aliphatic rings. The lowest BCUT2D eigenvalue weighted by molar-refractivity contribution is 0.595. The highest BCUT2D eigenvalue weighted by Gasteiger charge is 2.28. The van der Waals surface area contributed by atoms with Crippen LogP contribution in [0, 0.1) is 23.6 Å². The Bertz CT molecular complexity index is 628. The first-order valence-electron chi connectivity index (χ1n) is 5.99. The topological polar surface area (TPSA) is 72.2 Å². The summed E-state index contributed by atoms with van der Waals surface area (Å²) in [6, 6.07) is 4.12. The molecule has 0 spiro atoms. The van der Waals surface area contributed by atoms with Gasteiger partial charge in [-0.1, -0.05) is 11.8 Å². The van der Waals surface area contributed by atoms with E-state index in [1.807, 2.05) is 0 Å². The summed E-state index contributed by atoms with van der Waals surface area (Å²) < 4.78 is 39.5. The van der Waals surface area contributed by atoms with Gasteiger partial charge in [0.25, 0.3) is 0 Å². The van der Waals surface area contributed by atoms with E-state index in [9.17, 15) is 12.8 Å². The second-order valence-electron chi connectivity index (χ2n) is 4.53. The molecule has 0 radical (unpaired) electrons. The van der Waals surface area contributed by atoms with Crippen molar-refractivity contribution >= 4 is 15.7 Å². The smallest absolute Gasteiger partial charge is 0.233 e. The fraction of sp³-hybridized carbons (Fsp3) is 0.385. The number of nitrogens with two attached hydrogens (primary N) is 1. The normalized spacial score (nSPS) is 14.6. The van der Waals surface area contributed by atoms with Crippen LogP contribution in [0.2, 0.25) is 0 Å². The van der Waals surface area contributed by atoms with Gasteiger partial charge in [0.05, 0.1) is 18.0 Å². The van der Waals surface area contributed by atoms with Gasteiger partial charge in [0, 0.05) is 5.56 Å². The minimum atomic E-state index is -3.47. The summed E-state index contributed by atoms with van der Waals surface area (Å²) in [4.78, 5) is 0. The van der Waals surface area contributed by atoms with Crippen molar-refractivity contribution in [1.29, 1.82) is 0 Å². The van der Waals surface area contributed by atoms with Crippen LogP contribution in [0.5, 0.6) is 0 Å². The molecule has 0 unspecified atom stereocenters. The predicted molar refractivity (Wildman–Crippen MR) is 72.5 cm³/mol. The van der Waals surface area contributed by atoms with Crippen molar-refractivity contribution in [2.75, 3.05) is 17.0 Å². The minimum absolute atomic E-state index is 0.0426. The van der Waals surface area contributed by atoms with Crippen LogP contribution in [-0.4, -0.2) is 20.7 Å². The Morgan fingerprint density at radius 1 is 1.42 bits per heavy atom. The van der Waals surface area contributed by atoms with Gasteiger partial charge in [0.1, 0.15) is 5.82 Å². The summed E-state index contributed by atoms with van der Waals surface area (Å²) in [6.07, 6.45) is 1.86. The molecule has 1 saturated carbocycles. The molecule has 1 aliphatic carbocycles. The zero-order chi connectivity index (χ0) is 13.9. The summed E-state index contributed by atoms with van der Waals surface area (Å²) in [5.41, 5.74) is 5.64. The summed E-state index contributed by atoms with van der Waals surface area (Å²) in [5.74, 6) is 4.93. The summed E-state index contributed by atoms with van der Waals surface area (Å²) in [5, 5.41) is 0. The Balaban J connectivity index is 2.12. The van der Waals surface area contributed by atoms with E-state index in [2.05, 4.69) is 16.6 Å². The van der Waals surface area contributed by atoms with Crippen LogP contribution in [0.4, 0.5) is 10.1 Å². The van der Waals surface area contributed by atoms with Crippen molar-refractivity contribution in [1.82, 2.24) is 0 Å². The molecule has 0 aromatic heterocycles. The lowest BCUT2D eigenvalue weighted by Gasteiger charge is -2.08. The number of hydrogen-bond donors (Lipinski definition) is 2. The van der Waals surface area contributed by atoms with Crippen molar-refractivity contribution in [2.45, 2.75) is 12.8 Å². The third kappa shape index (κ3) is 4.23. The van der Waals surface area contributed by atoms with Crippen LogP contribution in [0.15, 0.2) is 18.2 Å². The first kappa shape index (κ1) is 13.8. The Kier molecular flexibility index (Phi) is 4.08. The highest BCUT2D eigenvalue weighted by Crippen LogP contribution is 2.31. The van der Waals surface area contributed by atoms with Crippen LogP contribution in [0.1, 0.15) is 18.4 Å². The van der Waals surface area contributed by atoms with Crippen molar-refractivity contribution in [2.24, 2.45) is 11.7 Å². The van der Waals surface area contributed by atoms with Gasteiger partial charge in [-0.05, 0) is 37.0 Å². The van der Waals surface area contributed by atoms with Crippen LogP contribution in [0.3, 0.4) is 0 Å². The maximum absolute atomic E-state index is 13.7. The lowest BCUT2D eigenvalue weighted by atomic mass is 10.2. The van der Waals surface area contributed by atoms with Crippen LogP contribution in [0.25, 0.3) is 0 Å². The number of rotatable bonds is 4. The molecule has 0 heterocycles. The standard InChI is InChI=1S/C13H15FN2O2S/c14-12-8-10(2-1-7-15)5-6-13(12)16-19(17,18)9-11-3-4-11/h5-6,8,11,16H,3-4,7,9,15H2. The molecule has 19 heavy (non-hydrogen) atoms. The Morgan fingerprint density at radius 2 is 2.16 bits per heavy atom. The molecule has 0 saturated heterocycles. The predicted octanol–water partition coefficient (Wildman–Crippen LogP) is 1.29.